The first kappa shape index (κ1) is 15.6. The maximum atomic E-state index is 12.4. The van der Waals surface area contributed by atoms with Crippen molar-refractivity contribution in [1.29, 1.82) is 0 Å². The van der Waals surface area contributed by atoms with Gasteiger partial charge in [0.1, 0.15) is 5.82 Å². The molecule has 0 atom stereocenters. The van der Waals surface area contributed by atoms with Gasteiger partial charge < -0.3 is 9.84 Å². The third-order valence-electron chi connectivity index (χ3n) is 2.69. The Labute approximate surface area is 124 Å². The molecule has 1 heterocycles. The number of phenolic OH excluding ortho intramolecular Hbond substituents is 1. The molecular weight excluding hydrogens is 299 g/mol. The Morgan fingerprint density at radius 1 is 1.27 bits per heavy atom. The van der Waals surface area contributed by atoms with E-state index in [4.69, 9.17) is 4.74 Å². The SMILES string of the molecule is COc1ccc(C=NNc2ccc(C(F)(F)F)cn2)cc1O. The molecule has 5 nitrogen and oxygen atoms in total. The lowest BCUT2D eigenvalue weighted by Crippen LogP contribution is -2.05. The second-order valence-electron chi connectivity index (χ2n) is 4.23. The number of hydrogen-bond donors (Lipinski definition) is 2. The highest BCUT2D eigenvalue weighted by Crippen LogP contribution is 2.29. The van der Waals surface area contributed by atoms with Crippen LogP contribution in [0.3, 0.4) is 0 Å². The van der Waals surface area contributed by atoms with Crippen molar-refractivity contribution in [2.45, 2.75) is 6.18 Å². The molecule has 0 unspecified atom stereocenters. The number of benzene rings is 1. The third kappa shape index (κ3) is 3.87. The fraction of sp³-hybridized carbons (Fsp3) is 0.143. The summed E-state index contributed by atoms with van der Waals surface area (Å²) >= 11 is 0. The van der Waals surface area contributed by atoms with Gasteiger partial charge in [-0.15, -0.1) is 0 Å². The number of alkyl halides is 3. The molecule has 0 aliphatic heterocycles. The lowest BCUT2D eigenvalue weighted by molar-refractivity contribution is -0.137. The largest absolute Gasteiger partial charge is 0.504 e. The van der Waals surface area contributed by atoms with Crippen molar-refractivity contribution in [3.05, 3.63) is 47.7 Å². The number of aromatic hydroxyl groups is 1. The van der Waals surface area contributed by atoms with Crippen LogP contribution in [-0.2, 0) is 6.18 Å². The summed E-state index contributed by atoms with van der Waals surface area (Å²) in [5, 5.41) is 13.4. The Morgan fingerprint density at radius 3 is 2.59 bits per heavy atom. The highest BCUT2D eigenvalue weighted by atomic mass is 19.4. The Morgan fingerprint density at radius 2 is 2.05 bits per heavy atom. The van der Waals surface area contributed by atoms with Crippen molar-refractivity contribution >= 4 is 12.0 Å². The smallest absolute Gasteiger partial charge is 0.417 e. The summed E-state index contributed by atoms with van der Waals surface area (Å²) in [5.74, 6) is 0.454. The summed E-state index contributed by atoms with van der Waals surface area (Å²) < 4.78 is 42.0. The molecule has 0 saturated carbocycles. The number of methoxy groups -OCH3 is 1. The molecule has 116 valence electrons. The molecule has 0 amide bonds. The predicted octanol–water partition coefficient (Wildman–Crippen LogP) is 3.26. The highest BCUT2D eigenvalue weighted by molar-refractivity contribution is 5.81. The molecule has 2 N–H and O–H groups in total. The van der Waals surface area contributed by atoms with E-state index in [1.165, 1.54) is 25.5 Å². The molecule has 0 fully saturated rings. The molecule has 0 aliphatic carbocycles. The monoisotopic (exact) mass is 311 g/mol. The number of hydrogen-bond acceptors (Lipinski definition) is 5. The quantitative estimate of drug-likeness (QED) is 0.672. The Bertz CT molecular complexity index is 670. The van der Waals surface area contributed by atoms with Gasteiger partial charge in [0.05, 0.1) is 18.9 Å². The Hall–Kier alpha value is -2.77. The first-order valence-corrected chi connectivity index (χ1v) is 6.09. The van der Waals surface area contributed by atoms with Crippen LogP contribution in [0.2, 0.25) is 0 Å². The number of rotatable bonds is 4. The molecule has 1 aromatic heterocycles. The summed E-state index contributed by atoms with van der Waals surface area (Å²) in [5.41, 5.74) is 2.25. The molecule has 2 aromatic rings. The minimum atomic E-state index is -4.42. The standard InChI is InChI=1S/C14H12F3N3O2/c1-22-12-4-2-9(6-11(12)21)7-19-20-13-5-3-10(8-18-13)14(15,16)17/h2-8,21H,1H3,(H,18,20). The van der Waals surface area contributed by atoms with E-state index in [1.54, 1.807) is 12.1 Å². The number of ether oxygens (including phenoxy) is 1. The number of halogens is 3. The molecule has 2 rings (SSSR count). The molecule has 22 heavy (non-hydrogen) atoms. The van der Waals surface area contributed by atoms with Gasteiger partial charge in [0.25, 0.3) is 0 Å². The van der Waals surface area contributed by atoms with E-state index in [9.17, 15) is 18.3 Å². The van der Waals surface area contributed by atoms with Gasteiger partial charge in [0.2, 0.25) is 0 Å². The van der Waals surface area contributed by atoms with Crippen LogP contribution in [0.1, 0.15) is 11.1 Å². The minimum absolute atomic E-state index is 0.0425. The number of anilines is 1. The van der Waals surface area contributed by atoms with Gasteiger partial charge in [-0.2, -0.15) is 18.3 Å². The average molecular weight is 311 g/mol. The Kier molecular flexibility index (Phi) is 4.50. The number of nitrogens with zero attached hydrogens (tertiary/aromatic N) is 2. The van der Waals surface area contributed by atoms with Gasteiger partial charge in [0.15, 0.2) is 11.5 Å². The van der Waals surface area contributed by atoms with E-state index < -0.39 is 11.7 Å². The normalized spacial score (nSPS) is 11.6. The fourth-order valence-electron chi connectivity index (χ4n) is 1.59. The number of aromatic nitrogens is 1. The molecule has 0 aliphatic rings. The first-order valence-electron chi connectivity index (χ1n) is 6.09. The second-order valence-corrected chi connectivity index (χ2v) is 4.23. The Balaban J connectivity index is 2.02. The van der Waals surface area contributed by atoms with Crippen LogP contribution >= 0.6 is 0 Å². The maximum absolute atomic E-state index is 12.4. The molecule has 0 saturated heterocycles. The van der Waals surface area contributed by atoms with Crippen molar-refractivity contribution in [3.63, 3.8) is 0 Å². The van der Waals surface area contributed by atoms with Gasteiger partial charge in [-0.3, -0.25) is 5.43 Å². The number of hydrazone groups is 1. The predicted molar refractivity (Wildman–Crippen MR) is 75.1 cm³/mol. The molecule has 0 radical (unpaired) electrons. The van der Waals surface area contributed by atoms with E-state index in [2.05, 4.69) is 15.5 Å². The number of nitrogens with one attached hydrogen (secondary N) is 1. The van der Waals surface area contributed by atoms with Crippen molar-refractivity contribution in [2.24, 2.45) is 5.10 Å². The number of phenols is 1. The summed E-state index contributed by atoms with van der Waals surface area (Å²) in [7, 11) is 1.43. The molecular formula is C14H12F3N3O2. The lowest BCUT2D eigenvalue weighted by Gasteiger charge is -2.06. The molecule has 1 aromatic carbocycles. The van der Waals surface area contributed by atoms with Crippen molar-refractivity contribution in [1.82, 2.24) is 4.98 Å². The van der Waals surface area contributed by atoms with Crippen LogP contribution in [0.15, 0.2) is 41.6 Å². The van der Waals surface area contributed by atoms with Crippen LogP contribution in [0.25, 0.3) is 0 Å². The van der Waals surface area contributed by atoms with Crippen molar-refractivity contribution < 1.29 is 23.0 Å². The molecule has 0 bridgehead atoms. The summed E-state index contributed by atoms with van der Waals surface area (Å²) in [6.45, 7) is 0. The van der Waals surface area contributed by atoms with Crippen LogP contribution in [0.4, 0.5) is 19.0 Å². The van der Waals surface area contributed by atoms with Gasteiger partial charge >= 0.3 is 6.18 Å². The summed E-state index contributed by atoms with van der Waals surface area (Å²) in [6, 6.07) is 6.73. The number of pyridine rings is 1. The lowest BCUT2D eigenvalue weighted by atomic mass is 10.2. The van der Waals surface area contributed by atoms with Gasteiger partial charge in [-0.1, -0.05) is 0 Å². The average Bonchev–Trinajstić information content (AvgIpc) is 2.47. The topological polar surface area (TPSA) is 66.7 Å². The molecule has 8 heteroatoms. The first-order chi connectivity index (χ1) is 10.4. The van der Waals surface area contributed by atoms with E-state index in [0.29, 0.717) is 11.3 Å². The third-order valence-corrected chi connectivity index (χ3v) is 2.69. The zero-order valence-electron chi connectivity index (χ0n) is 11.4. The minimum Gasteiger partial charge on any atom is -0.504 e. The zero-order chi connectivity index (χ0) is 16.2. The van der Waals surface area contributed by atoms with Gasteiger partial charge in [-0.25, -0.2) is 4.98 Å². The zero-order valence-corrected chi connectivity index (χ0v) is 11.4. The summed E-state index contributed by atoms with van der Waals surface area (Å²) in [6.07, 6.45) is -2.31. The van der Waals surface area contributed by atoms with Crippen molar-refractivity contribution in [3.8, 4) is 11.5 Å². The van der Waals surface area contributed by atoms with Crippen LogP contribution < -0.4 is 10.2 Å². The van der Waals surface area contributed by atoms with Crippen molar-refractivity contribution in [2.75, 3.05) is 12.5 Å². The van der Waals surface area contributed by atoms with Crippen LogP contribution in [0.5, 0.6) is 11.5 Å². The fourth-order valence-corrected chi connectivity index (χ4v) is 1.59. The van der Waals surface area contributed by atoms with Crippen LogP contribution in [0, 0.1) is 0 Å². The van der Waals surface area contributed by atoms with E-state index in [0.717, 1.165) is 12.3 Å². The van der Waals surface area contributed by atoms with E-state index in [1.807, 2.05) is 0 Å². The molecule has 0 spiro atoms. The summed E-state index contributed by atoms with van der Waals surface area (Å²) in [4.78, 5) is 3.61. The van der Waals surface area contributed by atoms with Gasteiger partial charge in [0, 0.05) is 6.20 Å². The van der Waals surface area contributed by atoms with Gasteiger partial charge in [-0.05, 0) is 35.9 Å². The highest BCUT2D eigenvalue weighted by Gasteiger charge is 2.30. The maximum Gasteiger partial charge on any atom is 0.417 e. The van der Waals surface area contributed by atoms with E-state index in [-0.39, 0.29) is 11.6 Å². The van der Waals surface area contributed by atoms with E-state index >= 15 is 0 Å². The van der Waals surface area contributed by atoms with Crippen LogP contribution in [-0.4, -0.2) is 23.4 Å². The second kappa shape index (κ2) is 6.33.